The fourth-order valence-electron chi connectivity index (χ4n) is 2.95. The molecule has 1 aromatic rings. The zero-order valence-corrected chi connectivity index (χ0v) is 16.7. The van der Waals surface area contributed by atoms with Gasteiger partial charge in [0, 0.05) is 6.54 Å². The lowest BCUT2D eigenvalue weighted by atomic mass is 10.1. The van der Waals surface area contributed by atoms with Crippen molar-refractivity contribution in [2.75, 3.05) is 44.6 Å². The summed E-state index contributed by atoms with van der Waals surface area (Å²) in [6.07, 6.45) is 0. The molecule has 1 atom stereocenters. The number of nitrogens with zero attached hydrogens (tertiary/aromatic N) is 2. The predicted molar refractivity (Wildman–Crippen MR) is 106 cm³/mol. The third-order valence-corrected chi connectivity index (χ3v) is 4.56. The molecule has 1 rings (SSSR count). The number of hydrogen-bond acceptors (Lipinski definition) is 5. The molecule has 1 unspecified atom stereocenters. The van der Waals surface area contributed by atoms with Crippen LogP contribution in [0.4, 0.5) is 5.69 Å². The minimum absolute atomic E-state index is 0.0997. The van der Waals surface area contributed by atoms with Crippen LogP contribution in [0, 0.1) is 0 Å². The van der Waals surface area contributed by atoms with E-state index in [1.807, 2.05) is 0 Å². The van der Waals surface area contributed by atoms with Crippen LogP contribution in [0.3, 0.4) is 0 Å². The van der Waals surface area contributed by atoms with Crippen molar-refractivity contribution in [3.8, 4) is 0 Å². The predicted octanol–water partition coefficient (Wildman–Crippen LogP) is 2.85. The van der Waals surface area contributed by atoms with E-state index in [4.69, 9.17) is 4.74 Å². The van der Waals surface area contributed by atoms with E-state index in [0.717, 1.165) is 26.2 Å². The summed E-state index contributed by atoms with van der Waals surface area (Å²) < 4.78 is 5.09. The van der Waals surface area contributed by atoms with Crippen LogP contribution >= 0.6 is 0 Å². The van der Waals surface area contributed by atoms with Gasteiger partial charge in [0.25, 0.3) is 0 Å². The van der Waals surface area contributed by atoms with E-state index >= 15 is 0 Å². The van der Waals surface area contributed by atoms with Gasteiger partial charge in [-0.3, -0.25) is 9.69 Å². The maximum absolute atomic E-state index is 13.0. The maximum Gasteiger partial charge on any atom is 0.340 e. The number of ether oxygens (including phenoxy) is 1. The highest BCUT2D eigenvalue weighted by Gasteiger charge is 2.27. The molecule has 0 aliphatic carbocycles. The van der Waals surface area contributed by atoms with Crippen LogP contribution in [0.15, 0.2) is 24.3 Å². The molecule has 6 nitrogen and oxygen atoms in total. The van der Waals surface area contributed by atoms with Gasteiger partial charge in [-0.25, -0.2) is 4.79 Å². The maximum atomic E-state index is 13.0. The Labute approximate surface area is 157 Å². The van der Waals surface area contributed by atoms with Gasteiger partial charge in [0.1, 0.15) is 6.04 Å². The van der Waals surface area contributed by atoms with E-state index in [9.17, 15) is 9.59 Å². The average molecular weight is 364 g/mol. The number of rotatable bonds is 11. The first kappa shape index (κ1) is 22.1. The third kappa shape index (κ3) is 6.11. The van der Waals surface area contributed by atoms with Crippen molar-refractivity contribution in [1.82, 2.24) is 9.80 Å². The van der Waals surface area contributed by atoms with Crippen molar-refractivity contribution in [2.24, 2.45) is 0 Å². The van der Waals surface area contributed by atoms with E-state index in [2.05, 4.69) is 42.8 Å². The Morgan fingerprint density at radius 2 is 1.62 bits per heavy atom. The molecule has 0 aromatic heterocycles. The van der Waals surface area contributed by atoms with Gasteiger partial charge >= 0.3 is 5.97 Å². The molecule has 0 heterocycles. The molecule has 1 aromatic carbocycles. The second kappa shape index (κ2) is 11.6. The van der Waals surface area contributed by atoms with E-state index in [0.29, 0.717) is 24.4 Å². The van der Waals surface area contributed by atoms with E-state index in [1.165, 1.54) is 0 Å². The molecular formula is C20H33N3O3. The van der Waals surface area contributed by atoms with Gasteiger partial charge in [-0.1, -0.05) is 39.8 Å². The Kier molecular flexibility index (Phi) is 9.91. The van der Waals surface area contributed by atoms with Gasteiger partial charge in [-0.15, -0.1) is 0 Å². The van der Waals surface area contributed by atoms with Crippen molar-refractivity contribution < 1.29 is 14.3 Å². The highest BCUT2D eigenvalue weighted by molar-refractivity contribution is 6.02. The Morgan fingerprint density at radius 1 is 1.00 bits per heavy atom. The minimum Gasteiger partial charge on any atom is -0.462 e. The summed E-state index contributed by atoms with van der Waals surface area (Å²) in [6, 6.07) is 6.69. The number of para-hydroxylation sites is 1. The molecule has 0 fully saturated rings. The Hall–Kier alpha value is -1.92. The Bertz CT molecular complexity index is 569. The van der Waals surface area contributed by atoms with Gasteiger partial charge in [-0.2, -0.15) is 0 Å². The second-order valence-corrected chi connectivity index (χ2v) is 5.98. The molecule has 0 radical (unpaired) electrons. The Balaban J connectivity index is 3.04. The first-order valence-corrected chi connectivity index (χ1v) is 9.55. The zero-order valence-electron chi connectivity index (χ0n) is 16.7. The number of likely N-dealkylation sites (N-methyl/N-ethyl adjacent to an activating group) is 2. The summed E-state index contributed by atoms with van der Waals surface area (Å²) in [6.45, 7) is 14.4. The summed E-state index contributed by atoms with van der Waals surface area (Å²) in [5, 5.41) is 2.94. The SMILES string of the molecule is CCOC(=O)c1ccccc1NC(=O)C(CN(CC)CC)N(CC)CC. The summed E-state index contributed by atoms with van der Waals surface area (Å²) in [5.41, 5.74) is 0.872. The van der Waals surface area contributed by atoms with Crippen LogP contribution < -0.4 is 5.32 Å². The third-order valence-electron chi connectivity index (χ3n) is 4.56. The molecule has 1 amide bonds. The molecule has 0 aliphatic rings. The molecule has 0 saturated carbocycles. The number of amides is 1. The fraction of sp³-hybridized carbons (Fsp3) is 0.600. The van der Waals surface area contributed by atoms with Crippen LogP contribution in [0.1, 0.15) is 45.0 Å². The van der Waals surface area contributed by atoms with E-state index in [1.54, 1.807) is 31.2 Å². The topological polar surface area (TPSA) is 61.9 Å². The van der Waals surface area contributed by atoms with Crippen LogP contribution in [-0.2, 0) is 9.53 Å². The molecule has 0 bridgehead atoms. The molecule has 1 N–H and O–H groups in total. The highest BCUT2D eigenvalue weighted by atomic mass is 16.5. The van der Waals surface area contributed by atoms with Crippen molar-refractivity contribution in [3.63, 3.8) is 0 Å². The molecular weight excluding hydrogens is 330 g/mol. The Morgan fingerprint density at radius 3 is 2.15 bits per heavy atom. The summed E-state index contributed by atoms with van der Waals surface area (Å²) >= 11 is 0. The zero-order chi connectivity index (χ0) is 19.5. The quantitative estimate of drug-likeness (QED) is 0.613. The highest BCUT2D eigenvalue weighted by Crippen LogP contribution is 2.17. The average Bonchev–Trinajstić information content (AvgIpc) is 2.65. The first-order valence-electron chi connectivity index (χ1n) is 9.55. The second-order valence-electron chi connectivity index (χ2n) is 5.98. The van der Waals surface area contributed by atoms with Crippen LogP contribution in [0.5, 0.6) is 0 Å². The van der Waals surface area contributed by atoms with Gasteiger partial charge in [0.15, 0.2) is 0 Å². The van der Waals surface area contributed by atoms with Crippen molar-refractivity contribution in [3.05, 3.63) is 29.8 Å². The fourth-order valence-corrected chi connectivity index (χ4v) is 2.95. The molecule has 0 spiro atoms. The van der Waals surface area contributed by atoms with Crippen LogP contribution in [0.25, 0.3) is 0 Å². The molecule has 6 heteroatoms. The van der Waals surface area contributed by atoms with E-state index in [-0.39, 0.29) is 11.9 Å². The summed E-state index contributed by atoms with van der Waals surface area (Å²) in [5.74, 6) is -0.524. The normalized spacial score (nSPS) is 12.3. The summed E-state index contributed by atoms with van der Waals surface area (Å²) in [7, 11) is 0. The van der Waals surface area contributed by atoms with Crippen molar-refractivity contribution in [1.29, 1.82) is 0 Å². The van der Waals surface area contributed by atoms with Crippen molar-refractivity contribution >= 4 is 17.6 Å². The van der Waals surface area contributed by atoms with Crippen LogP contribution in [-0.4, -0.2) is 67.0 Å². The van der Waals surface area contributed by atoms with Gasteiger partial charge in [-0.05, 0) is 45.2 Å². The van der Waals surface area contributed by atoms with Crippen LogP contribution in [0.2, 0.25) is 0 Å². The minimum atomic E-state index is -0.425. The monoisotopic (exact) mass is 363 g/mol. The number of nitrogens with one attached hydrogen (secondary N) is 1. The van der Waals surface area contributed by atoms with Crippen molar-refractivity contribution in [2.45, 2.75) is 40.7 Å². The lowest BCUT2D eigenvalue weighted by molar-refractivity contribution is -0.121. The van der Waals surface area contributed by atoms with Gasteiger partial charge in [0.05, 0.1) is 17.9 Å². The smallest absolute Gasteiger partial charge is 0.340 e. The molecule has 0 saturated heterocycles. The lowest BCUT2D eigenvalue weighted by Crippen LogP contribution is -2.50. The molecule has 146 valence electrons. The van der Waals surface area contributed by atoms with E-state index < -0.39 is 5.97 Å². The number of carbonyl (C=O) groups excluding carboxylic acids is 2. The largest absolute Gasteiger partial charge is 0.462 e. The number of benzene rings is 1. The van der Waals surface area contributed by atoms with Gasteiger partial charge in [0.2, 0.25) is 5.91 Å². The summed E-state index contributed by atoms with van der Waals surface area (Å²) in [4.78, 5) is 29.6. The standard InChI is InChI=1S/C20H33N3O3/c1-6-22(7-2)15-18(23(8-3)9-4)19(24)21-17-14-12-11-13-16(17)20(25)26-10-5/h11-14,18H,6-10,15H2,1-5H3,(H,21,24). The lowest BCUT2D eigenvalue weighted by Gasteiger charge is -2.32. The molecule has 0 aliphatic heterocycles. The molecule has 26 heavy (non-hydrogen) atoms. The number of anilines is 1. The number of carbonyl (C=O) groups is 2. The number of esters is 1. The van der Waals surface area contributed by atoms with Gasteiger partial charge < -0.3 is 15.0 Å². The first-order chi connectivity index (χ1) is 12.5. The number of hydrogen-bond donors (Lipinski definition) is 1.